The minimum atomic E-state index is -3.61. The van der Waals surface area contributed by atoms with E-state index in [1.54, 1.807) is 35.4 Å². The van der Waals surface area contributed by atoms with Gasteiger partial charge in [0.1, 0.15) is 0 Å². The molecule has 1 aliphatic rings. The van der Waals surface area contributed by atoms with Crippen molar-refractivity contribution in [1.82, 2.24) is 19.9 Å². The van der Waals surface area contributed by atoms with Crippen LogP contribution in [0.4, 0.5) is 0 Å². The molecule has 31 heavy (non-hydrogen) atoms. The zero-order chi connectivity index (χ0) is 22.1. The van der Waals surface area contributed by atoms with E-state index in [0.29, 0.717) is 31.5 Å². The lowest BCUT2D eigenvalue weighted by molar-refractivity contribution is -0.132. The van der Waals surface area contributed by atoms with Gasteiger partial charge in [0.25, 0.3) is 5.91 Å². The van der Waals surface area contributed by atoms with Gasteiger partial charge in [-0.1, -0.05) is 30.3 Å². The Morgan fingerprint density at radius 1 is 1.10 bits per heavy atom. The zero-order valence-electron chi connectivity index (χ0n) is 17.1. The number of hydrogen-bond acceptors (Lipinski definition) is 5. The summed E-state index contributed by atoms with van der Waals surface area (Å²) in [5.74, 6) is -0.275. The van der Waals surface area contributed by atoms with E-state index in [4.69, 9.17) is 0 Å². The van der Waals surface area contributed by atoms with Gasteiger partial charge in [-0.05, 0) is 36.6 Å². The van der Waals surface area contributed by atoms with E-state index in [-0.39, 0.29) is 30.8 Å². The second-order valence-electron chi connectivity index (χ2n) is 7.27. The lowest BCUT2D eigenvalue weighted by Gasteiger charge is -2.32. The highest BCUT2D eigenvalue weighted by molar-refractivity contribution is 7.92. The van der Waals surface area contributed by atoms with E-state index >= 15 is 0 Å². The van der Waals surface area contributed by atoms with Gasteiger partial charge in [-0.3, -0.25) is 14.6 Å². The maximum absolute atomic E-state index is 12.4. The molecule has 0 aliphatic carbocycles. The number of benzene rings is 1. The third-order valence-corrected chi connectivity index (χ3v) is 6.09. The molecule has 0 radical (unpaired) electrons. The molecule has 0 atom stereocenters. The molecule has 1 aliphatic heterocycles. The largest absolute Gasteiger partial charge is 0.349 e. The van der Waals surface area contributed by atoms with Crippen LogP contribution < -0.4 is 10.0 Å². The van der Waals surface area contributed by atoms with E-state index in [1.807, 2.05) is 18.2 Å². The number of likely N-dealkylation sites (tertiary alicyclic amines) is 1. The Bertz CT molecular complexity index is 1000. The van der Waals surface area contributed by atoms with Gasteiger partial charge in [-0.2, -0.15) is 0 Å². The number of pyridine rings is 1. The fourth-order valence-corrected chi connectivity index (χ4v) is 4.10. The minimum Gasteiger partial charge on any atom is -0.349 e. The number of aromatic nitrogens is 1. The Morgan fingerprint density at radius 3 is 2.52 bits per heavy atom. The monoisotopic (exact) mass is 442 g/mol. The molecule has 0 spiro atoms. The number of carbonyl (C=O) groups excluding carboxylic acids is 2. The zero-order valence-corrected chi connectivity index (χ0v) is 17.9. The van der Waals surface area contributed by atoms with Crippen LogP contribution in [0, 0.1) is 0 Å². The molecule has 0 bridgehead atoms. The molecule has 2 amide bonds. The molecule has 3 rings (SSSR count). The highest BCUT2D eigenvalue weighted by Gasteiger charge is 2.24. The van der Waals surface area contributed by atoms with Crippen LogP contribution >= 0.6 is 0 Å². The summed E-state index contributed by atoms with van der Waals surface area (Å²) >= 11 is 0. The number of amides is 2. The van der Waals surface area contributed by atoms with Gasteiger partial charge in [0.2, 0.25) is 15.9 Å². The van der Waals surface area contributed by atoms with Crippen molar-refractivity contribution in [2.75, 3.05) is 19.6 Å². The number of rotatable bonds is 8. The van der Waals surface area contributed by atoms with E-state index in [9.17, 15) is 18.0 Å². The maximum atomic E-state index is 12.4. The summed E-state index contributed by atoms with van der Waals surface area (Å²) in [5.41, 5.74) is 1.29. The fraction of sp³-hybridized carbons (Fsp3) is 0.318. The molecular weight excluding hydrogens is 416 g/mol. The molecule has 9 heteroatoms. The molecule has 2 aromatic rings. The molecule has 8 nitrogen and oxygen atoms in total. The van der Waals surface area contributed by atoms with Crippen molar-refractivity contribution in [3.05, 3.63) is 71.4 Å². The summed E-state index contributed by atoms with van der Waals surface area (Å²) in [6.07, 6.45) is 6.04. The number of hydrogen-bond donors (Lipinski definition) is 2. The maximum Gasteiger partial charge on any atom is 0.253 e. The topological polar surface area (TPSA) is 108 Å². The van der Waals surface area contributed by atoms with Gasteiger partial charge in [0.15, 0.2) is 0 Å². The summed E-state index contributed by atoms with van der Waals surface area (Å²) in [5, 5.41) is 4.07. The molecule has 2 heterocycles. The van der Waals surface area contributed by atoms with Crippen LogP contribution in [0.3, 0.4) is 0 Å². The van der Waals surface area contributed by atoms with Crippen molar-refractivity contribution in [3.8, 4) is 0 Å². The number of nitrogens with one attached hydrogen (secondary N) is 2. The van der Waals surface area contributed by atoms with Crippen LogP contribution in [0.5, 0.6) is 0 Å². The molecule has 1 aromatic carbocycles. The molecule has 1 saturated heterocycles. The van der Waals surface area contributed by atoms with Gasteiger partial charge >= 0.3 is 0 Å². The minimum absolute atomic E-state index is 0.00150. The summed E-state index contributed by atoms with van der Waals surface area (Å²) in [6.45, 7) is 1.09. The van der Waals surface area contributed by atoms with Crippen LogP contribution in [0.1, 0.15) is 35.2 Å². The third kappa shape index (κ3) is 7.30. The first-order chi connectivity index (χ1) is 14.9. The van der Waals surface area contributed by atoms with Crippen molar-refractivity contribution >= 4 is 27.9 Å². The molecule has 0 saturated carbocycles. The van der Waals surface area contributed by atoms with Crippen LogP contribution in [-0.4, -0.2) is 55.8 Å². The summed E-state index contributed by atoms with van der Waals surface area (Å²) < 4.78 is 26.5. The van der Waals surface area contributed by atoms with Crippen LogP contribution in [0.2, 0.25) is 0 Å². The number of piperidine rings is 1. The highest BCUT2D eigenvalue weighted by Crippen LogP contribution is 2.12. The average Bonchev–Trinajstić information content (AvgIpc) is 2.79. The van der Waals surface area contributed by atoms with Crippen molar-refractivity contribution in [2.45, 2.75) is 25.3 Å². The van der Waals surface area contributed by atoms with Gasteiger partial charge in [0.05, 0.1) is 5.56 Å². The first-order valence-electron chi connectivity index (χ1n) is 10.1. The lowest BCUT2D eigenvalue weighted by atomic mass is 10.0. The van der Waals surface area contributed by atoms with Crippen LogP contribution in [-0.2, 0) is 14.8 Å². The normalized spacial score (nSPS) is 15.2. The summed E-state index contributed by atoms with van der Waals surface area (Å²) in [4.78, 5) is 30.2. The van der Waals surface area contributed by atoms with Gasteiger partial charge in [-0.15, -0.1) is 0 Å². The Hall–Kier alpha value is -3.04. The molecule has 1 aromatic heterocycles. The molecular formula is C22H26N4O4S. The van der Waals surface area contributed by atoms with E-state index in [2.05, 4.69) is 15.0 Å². The van der Waals surface area contributed by atoms with Crippen molar-refractivity contribution in [3.63, 3.8) is 0 Å². The van der Waals surface area contributed by atoms with Crippen molar-refractivity contribution < 1.29 is 18.0 Å². The molecule has 2 N–H and O–H groups in total. The highest BCUT2D eigenvalue weighted by atomic mass is 32.2. The Balaban J connectivity index is 1.38. The van der Waals surface area contributed by atoms with Gasteiger partial charge in [0, 0.05) is 49.9 Å². The van der Waals surface area contributed by atoms with E-state index in [1.165, 1.54) is 12.3 Å². The van der Waals surface area contributed by atoms with Crippen molar-refractivity contribution in [1.29, 1.82) is 0 Å². The van der Waals surface area contributed by atoms with E-state index < -0.39 is 10.0 Å². The molecule has 164 valence electrons. The Morgan fingerprint density at radius 2 is 1.84 bits per heavy atom. The number of sulfonamides is 1. The summed E-state index contributed by atoms with van der Waals surface area (Å²) in [7, 11) is -3.61. The number of carbonyl (C=O) groups is 2. The summed E-state index contributed by atoms with van der Waals surface area (Å²) in [6, 6.07) is 12.5. The SMILES string of the molecule is O=C(NC1CCN(C(=O)CCNS(=O)(=O)/C=C/c2ccccc2)CC1)c1cccnc1. The smallest absolute Gasteiger partial charge is 0.253 e. The fourth-order valence-electron chi connectivity index (χ4n) is 3.28. The molecule has 1 fully saturated rings. The quantitative estimate of drug-likeness (QED) is 0.648. The Kier molecular flexibility index (Phi) is 7.91. The van der Waals surface area contributed by atoms with Gasteiger partial charge in [-0.25, -0.2) is 13.1 Å². The average molecular weight is 443 g/mol. The second kappa shape index (κ2) is 10.8. The second-order valence-corrected chi connectivity index (χ2v) is 8.92. The number of nitrogens with zero attached hydrogens (tertiary/aromatic N) is 2. The lowest BCUT2D eigenvalue weighted by Crippen LogP contribution is -2.47. The molecule has 0 unspecified atom stereocenters. The predicted octanol–water partition coefficient (Wildman–Crippen LogP) is 1.78. The van der Waals surface area contributed by atoms with Crippen molar-refractivity contribution in [2.24, 2.45) is 0 Å². The van der Waals surface area contributed by atoms with Crippen LogP contribution in [0.15, 0.2) is 60.3 Å². The Labute approximate surface area is 182 Å². The predicted molar refractivity (Wildman–Crippen MR) is 118 cm³/mol. The third-order valence-electron chi connectivity index (χ3n) is 4.99. The van der Waals surface area contributed by atoms with E-state index in [0.717, 1.165) is 11.0 Å². The standard InChI is InChI=1S/C22H26N4O4S/c27-21(8-13-24-31(29,30)16-11-18-5-2-1-3-6-18)26-14-9-20(10-15-26)25-22(28)19-7-4-12-23-17-19/h1-7,11-12,16-17,20,24H,8-10,13-15H2,(H,25,28)/b16-11+. The first kappa shape index (κ1) is 22.6. The van der Waals surface area contributed by atoms with Gasteiger partial charge < -0.3 is 10.2 Å². The first-order valence-corrected chi connectivity index (χ1v) is 11.7. The van der Waals surface area contributed by atoms with Crippen LogP contribution in [0.25, 0.3) is 6.08 Å².